The lowest BCUT2D eigenvalue weighted by molar-refractivity contribution is -0.384. The zero-order chi connectivity index (χ0) is 13.7. The lowest BCUT2D eigenvalue weighted by Crippen LogP contribution is -2.26. The predicted molar refractivity (Wildman–Crippen MR) is 75.1 cm³/mol. The average molecular weight is 262 g/mol. The fraction of sp³-hybridized carbons (Fsp3) is 0.462. The molecule has 0 radical (unpaired) electrons. The van der Waals surface area contributed by atoms with Crippen molar-refractivity contribution in [3.63, 3.8) is 0 Å². The summed E-state index contributed by atoms with van der Waals surface area (Å²) < 4.78 is 0. The number of rotatable bonds is 6. The Morgan fingerprint density at radius 2 is 2.16 bits per heavy atom. The van der Waals surface area contributed by atoms with Crippen molar-refractivity contribution < 1.29 is 4.92 Å². The van der Waals surface area contributed by atoms with Crippen LogP contribution in [0.2, 0.25) is 0 Å². The molecule has 1 saturated heterocycles. The highest BCUT2D eigenvalue weighted by Gasteiger charge is 2.12. The van der Waals surface area contributed by atoms with Gasteiger partial charge in [0, 0.05) is 42.7 Å². The molecule has 2 N–H and O–H groups in total. The molecule has 0 aliphatic carbocycles. The Morgan fingerprint density at radius 3 is 2.79 bits per heavy atom. The van der Waals surface area contributed by atoms with Gasteiger partial charge in [-0.3, -0.25) is 10.1 Å². The summed E-state index contributed by atoms with van der Waals surface area (Å²) in [6, 6.07) is 4.55. The normalized spacial score (nSPS) is 15.4. The van der Waals surface area contributed by atoms with Crippen LogP contribution in [0.25, 0.3) is 0 Å². The second-order valence-corrected chi connectivity index (χ2v) is 4.65. The van der Waals surface area contributed by atoms with Crippen LogP contribution in [0.4, 0.5) is 11.4 Å². The van der Waals surface area contributed by atoms with Crippen LogP contribution in [0.3, 0.4) is 0 Å². The van der Waals surface area contributed by atoms with Gasteiger partial charge < -0.3 is 15.6 Å². The number of nitrogens with zero attached hydrogens (tertiary/aromatic N) is 2. The third-order valence-electron chi connectivity index (χ3n) is 3.34. The second kappa shape index (κ2) is 6.29. The summed E-state index contributed by atoms with van der Waals surface area (Å²) in [6.07, 6.45) is 3.68. The molecular formula is C13H18N4O2. The van der Waals surface area contributed by atoms with Crippen molar-refractivity contribution >= 4 is 17.6 Å². The molecule has 0 saturated carbocycles. The van der Waals surface area contributed by atoms with Gasteiger partial charge in [0.2, 0.25) is 0 Å². The molecule has 19 heavy (non-hydrogen) atoms. The quantitative estimate of drug-likeness (QED) is 0.467. The summed E-state index contributed by atoms with van der Waals surface area (Å²) in [5.74, 6) is 0. The summed E-state index contributed by atoms with van der Waals surface area (Å²) in [6.45, 7) is 4.06. The summed E-state index contributed by atoms with van der Waals surface area (Å²) in [5, 5.41) is 21.2. The Morgan fingerprint density at radius 1 is 1.42 bits per heavy atom. The molecular weight excluding hydrogens is 244 g/mol. The van der Waals surface area contributed by atoms with E-state index < -0.39 is 4.92 Å². The topological polar surface area (TPSA) is 82.3 Å². The van der Waals surface area contributed by atoms with E-state index in [9.17, 15) is 10.1 Å². The number of non-ortho nitro benzene ring substituents is 1. The molecule has 0 aromatic heterocycles. The number of hydrogen-bond acceptors (Lipinski definition) is 5. The molecule has 0 unspecified atom stereocenters. The first-order chi connectivity index (χ1) is 9.20. The van der Waals surface area contributed by atoms with Gasteiger partial charge in [-0.15, -0.1) is 0 Å². The molecule has 2 rings (SSSR count). The average Bonchev–Trinajstić information content (AvgIpc) is 2.92. The van der Waals surface area contributed by atoms with Crippen molar-refractivity contribution in [3.05, 3.63) is 33.9 Å². The Labute approximate surface area is 112 Å². The largest absolute Gasteiger partial charge is 0.383 e. The van der Waals surface area contributed by atoms with Crippen LogP contribution < -0.4 is 5.32 Å². The molecule has 1 fully saturated rings. The molecule has 0 atom stereocenters. The minimum absolute atomic E-state index is 0.0172. The van der Waals surface area contributed by atoms with E-state index in [-0.39, 0.29) is 5.69 Å². The fourth-order valence-electron chi connectivity index (χ4n) is 2.30. The van der Waals surface area contributed by atoms with Crippen molar-refractivity contribution in [2.24, 2.45) is 0 Å². The molecule has 1 aromatic rings. The molecule has 102 valence electrons. The number of benzene rings is 1. The van der Waals surface area contributed by atoms with Gasteiger partial charge in [0.25, 0.3) is 5.69 Å². The third-order valence-corrected chi connectivity index (χ3v) is 3.34. The number of anilines is 1. The van der Waals surface area contributed by atoms with E-state index in [0.717, 1.165) is 38.1 Å². The molecule has 1 aliphatic rings. The lowest BCUT2D eigenvalue weighted by Gasteiger charge is -2.16. The maximum atomic E-state index is 10.7. The van der Waals surface area contributed by atoms with E-state index in [1.54, 1.807) is 6.07 Å². The Hall–Kier alpha value is -1.95. The van der Waals surface area contributed by atoms with Crippen molar-refractivity contribution in [2.75, 3.05) is 31.5 Å². The summed E-state index contributed by atoms with van der Waals surface area (Å²) >= 11 is 0. The van der Waals surface area contributed by atoms with E-state index in [2.05, 4.69) is 10.2 Å². The lowest BCUT2D eigenvalue weighted by atomic mass is 10.1. The Balaban J connectivity index is 1.95. The first kappa shape index (κ1) is 13.5. The van der Waals surface area contributed by atoms with Crippen LogP contribution in [0.5, 0.6) is 0 Å². The molecule has 1 aliphatic heterocycles. The van der Waals surface area contributed by atoms with E-state index in [4.69, 9.17) is 5.41 Å². The number of likely N-dealkylation sites (tertiary alicyclic amines) is 1. The molecule has 6 nitrogen and oxygen atoms in total. The number of nitro groups is 1. The van der Waals surface area contributed by atoms with Gasteiger partial charge in [0.1, 0.15) is 0 Å². The van der Waals surface area contributed by atoms with Gasteiger partial charge in [-0.1, -0.05) is 0 Å². The molecule has 1 aromatic carbocycles. The molecule has 0 bridgehead atoms. The van der Waals surface area contributed by atoms with E-state index >= 15 is 0 Å². The Bertz CT molecular complexity index is 470. The highest BCUT2D eigenvalue weighted by molar-refractivity contribution is 5.86. The van der Waals surface area contributed by atoms with E-state index in [0.29, 0.717) is 5.56 Å². The monoisotopic (exact) mass is 262 g/mol. The Kier molecular flexibility index (Phi) is 4.46. The van der Waals surface area contributed by atoms with Crippen molar-refractivity contribution in [1.82, 2.24) is 4.90 Å². The van der Waals surface area contributed by atoms with Gasteiger partial charge >= 0.3 is 0 Å². The van der Waals surface area contributed by atoms with Crippen LogP contribution in [-0.2, 0) is 0 Å². The molecule has 0 amide bonds. The minimum Gasteiger partial charge on any atom is -0.383 e. The first-order valence-electron chi connectivity index (χ1n) is 6.46. The third kappa shape index (κ3) is 3.51. The molecule has 1 heterocycles. The van der Waals surface area contributed by atoms with Gasteiger partial charge in [-0.25, -0.2) is 0 Å². The van der Waals surface area contributed by atoms with Gasteiger partial charge in [0.15, 0.2) is 0 Å². The van der Waals surface area contributed by atoms with Crippen molar-refractivity contribution in [1.29, 1.82) is 5.41 Å². The number of nitrogens with one attached hydrogen (secondary N) is 2. The van der Waals surface area contributed by atoms with Gasteiger partial charge in [-0.2, -0.15) is 0 Å². The van der Waals surface area contributed by atoms with Crippen LogP contribution in [-0.4, -0.2) is 42.2 Å². The van der Waals surface area contributed by atoms with Crippen LogP contribution in [0, 0.1) is 15.5 Å². The van der Waals surface area contributed by atoms with Crippen molar-refractivity contribution in [2.45, 2.75) is 12.8 Å². The van der Waals surface area contributed by atoms with Gasteiger partial charge in [-0.05, 0) is 32.0 Å². The highest BCUT2D eigenvalue weighted by Crippen LogP contribution is 2.20. The number of hydrogen-bond donors (Lipinski definition) is 2. The smallest absolute Gasteiger partial charge is 0.270 e. The van der Waals surface area contributed by atoms with Crippen LogP contribution in [0.1, 0.15) is 18.4 Å². The molecule has 0 spiro atoms. The highest BCUT2D eigenvalue weighted by atomic mass is 16.6. The zero-order valence-corrected chi connectivity index (χ0v) is 10.8. The summed E-state index contributed by atoms with van der Waals surface area (Å²) in [7, 11) is 0. The van der Waals surface area contributed by atoms with E-state index in [1.807, 2.05) is 0 Å². The zero-order valence-electron chi connectivity index (χ0n) is 10.8. The number of nitro benzene ring substituents is 1. The SMILES string of the molecule is N=Cc1cc([N+](=O)[O-])ccc1NCCN1CCCC1. The standard InChI is InChI=1S/C13H18N4O2/c14-10-11-9-12(17(18)19)3-4-13(11)15-5-8-16-6-1-2-7-16/h3-4,9-10,14-15H,1-2,5-8H2. The first-order valence-corrected chi connectivity index (χ1v) is 6.46. The van der Waals surface area contributed by atoms with E-state index in [1.165, 1.54) is 25.0 Å². The van der Waals surface area contributed by atoms with Crippen molar-refractivity contribution in [3.8, 4) is 0 Å². The summed E-state index contributed by atoms with van der Waals surface area (Å²) in [4.78, 5) is 12.6. The fourth-order valence-corrected chi connectivity index (χ4v) is 2.30. The second-order valence-electron chi connectivity index (χ2n) is 4.65. The van der Waals surface area contributed by atoms with Crippen LogP contribution in [0.15, 0.2) is 18.2 Å². The maximum Gasteiger partial charge on any atom is 0.270 e. The molecule has 6 heteroatoms. The van der Waals surface area contributed by atoms with Gasteiger partial charge in [0.05, 0.1) is 4.92 Å². The maximum absolute atomic E-state index is 10.7. The summed E-state index contributed by atoms with van der Waals surface area (Å²) in [5.41, 5.74) is 1.35. The predicted octanol–water partition coefficient (Wildman–Crippen LogP) is 2.10. The minimum atomic E-state index is -0.443. The van der Waals surface area contributed by atoms with Crippen LogP contribution >= 0.6 is 0 Å².